The molecule has 1 aliphatic heterocycles. The molecule has 1 aromatic heterocycles. The molecule has 0 aliphatic carbocycles. The SMILES string of the molecule is COCCNCc1cccc(COc2scc(-c3ccc4c(c3)OCCO4)c2C#N)c1. The zero-order valence-corrected chi connectivity index (χ0v) is 18.2. The van der Waals surface area contributed by atoms with E-state index in [0.29, 0.717) is 42.8 Å². The Balaban J connectivity index is 1.45. The van der Waals surface area contributed by atoms with Gasteiger partial charge in [-0.3, -0.25) is 0 Å². The van der Waals surface area contributed by atoms with E-state index in [9.17, 15) is 5.26 Å². The van der Waals surface area contributed by atoms with Gasteiger partial charge in [0.1, 0.15) is 31.5 Å². The molecule has 2 heterocycles. The summed E-state index contributed by atoms with van der Waals surface area (Å²) in [6, 6.07) is 16.3. The number of methoxy groups -OCH3 is 1. The number of rotatable bonds is 9. The minimum Gasteiger partial charge on any atom is -0.486 e. The third kappa shape index (κ3) is 5.17. The van der Waals surface area contributed by atoms with Gasteiger partial charge >= 0.3 is 0 Å². The molecule has 0 saturated carbocycles. The van der Waals surface area contributed by atoms with Crippen LogP contribution in [0.5, 0.6) is 16.6 Å². The predicted molar refractivity (Wildman–Crippen MR) is 120 cm³/mol. The number of thiophene rings is 1. The van der Waals surface area contributed by atoms with Gasteiger partial charge in [0.2, 0.25) is 0 Å². The molecule has 0 amide bonds. The van der Waals surface area contributed by atoms with Crippen molar-refractivity contribution in [2.24, 2.45) is 0 Å². The van der Waals surface area contributed by atoms with Crippen molar-refractivity contribution in [3.63, 3.8) is 0 Å². The van der Waals surface area contributed by atoms with Gasteiger partial charge in [-0.25, -0.2) is 0 Å². The highest BCUT2D eigenvalue weighted by Gasteiger charge is 2.18. The van der Waals surface area contributed by atoms with E-state index in [0.717, 1.165) is 35.5 Å². The second-order valence-corrected chi connectivity index (χ2v) is 7.90. The summed E-state index contributed by atoms with van der Waals surface area (Å²) in [5.74, 6) is 1.44. The number of hydrogen-bond acceptors (Lipinski definition) is 7. The van der Waals surface area contributed by atoms with Crippen LogP contribution in [-0.2, 0) is 17.9 Å². The summed E-state index contributed by atoms with van der Waals surface area (Å²) in [5, 5.41) is 15.7. The molecule has 0 fully saturated rings. The first kappa shape index (κ1) is 21.2. The highest BCUT2D eigenvalue weighted by molar-refractivity contribution is 7.12. The van der Waals surface area contributed by atoms with Gasteiger partial charge in [0.15, 0.2) is 16.6 Å². The lowest BCUT2D eigenvalue weighted by Crippen LogP contribution is -2.18. The van der Waals surface area contributed by atoms with Crippen LogP contribution < -0.4 is 19.5 Å². The topological polar surface area (TPSA) is 72.7 Å². The summed E-state index contributed by atoms with van der Waals surface area (Å²) in [6.45, 7) is 3.75. The molecule has 1 aliphatic rings. The average Bonchev–Trinajstić information content (AvgIpc) is 3.23. The quantitative estimate of drug-likeness (QED) is 0.502. The number of nitriles is 1. The van der Waals surface area contributed by atoms with Crippen LogP contribution >= 0.6 is 11.3 Å². The Hall–Kier alpha value is -3.05. The Labute approximate surface area is 185 Å². The lowest BCUT2D eigenvalue weighted by Gasteiger charge is -2.18. The van der Waals surface area contributed by atoms with Crippen LogP contribution in [0.15, 0.2) is 47.8 Å². The van der Waals surface area contributed by atoms with Gasteiger partial charge in [0, 0.05) is 31.1 Å². The van der Waals surface area contributed by atoms with E-state index in [2.05, 4.69) is 23.5 Å². The fraction of sp³-hybridized carbons (Fsp3) is 0.292. The minimum absolute atomic E-state index is 0.404. The third-order valence-electron chi connectivity index (χ3n) is 4.90. The molecule has 1 N–H and O–H groups in total. The largest absolute Gasteiger partial charge is 0.486 e. The zero-order chi connectivity index (χ0) is 21.5. The highest BCUT2D eigenvalue weighted by Crippen LogP contribution is 2.40. The molecule has 0 spiro atoms. The Morgan fingerprint density at radius 1 is 1.10 bits per heavy atom. The fourth-order valence-corrected chi connectivity index (χ4v) is 4.24. The van der Waals surface area contributed by atoms with Gasteiger partial charge in [-0.05, 0) is 28.8 Å². The molecular formula is C24H24N2O4S. The number of nitrogens with one attached hydrogen (secondary N) is 1. The Kier molecular flexibility index (Phi) is 7.05. The van der Waals surface area contributed by atoms with Crippen molar-refractivity contribution in [2.45, 2.75) is 13.2 Å². The standard InChI is InChI=1S/C24H24N2O4S/c1-27-8-7-26-14-17-3-2-4-18(11-17)15-30-24-20(13-25)21(16-31-24)19-5-6-22-23(12-19)29-10-9-28-22/h2-6,11-12,16,26H,7-10,14-15H2,1H3. The molecule has 6 nitrogen and oxygen atoms in total. The first-order valence-electron chi connectivity index (χ1n) is 10.1. The fourth-order valence-electron chi connectivity index (χ4n) is 3.36. The van der Waals surface area contributed by atoms with Crippen molar-refractivity contribution >= 4 is 11.3 Å². The highest BCUT2D eigenvalue weighted by atomic mass is 32.1. The first-order chi connectivity index (χ1) is 15.3. The summed E-state index contributed by atoms with van der Waals surface area (Å²) in [5.41, 5.74) is 4.54. The van der Waals surface area contributed by atoms with E-state index < -0.39 is 0 Å². The summed E-state index contributed by atoms with van der Waals surface area (Å²) < 4.78 is 22.3. The van der Waals surface area contributed by atoms with Crippen molar-refractivity contribution < 1.29 is 18.9 Å². The molecule has 7 heteroatoms. The maximum absolute atomic E-state index is 9.77. The lowest BCUT2D eigenvalue weighted by atomic mass is 10.0. The van der Waals surface area contributed by atoms with E-state index in [1.54, 1.807) is 7.11 Å². The Morgan fingerprint density at radius 3 is 2.77 bits per heavy atom. The normalized spacial score (nSPS) is 12.4. The van der Waals surface area contributed by atoms with Gasteiger partial charge in [-0.1, -0.05) is 30.3 Å². The second-order valence-electron chi connectivity index (χ2n) is 7.06. The molecular weight excluding hydrogens is 412 g/mol. The van der Waals surface area contributed by atoms with Crippen molar-refractivity contribution in [3.8, 4) is 33.8 Å². The molecule has 0 atom stereocenters. The number of ether oxygens (including phenoxy) is 4. The van der Waals surface area contributed by atoms with Gasteiger partial charge < -0.3 is 24.3 Å². The molecule has 0 radical (unpaired) electrons. The minimum atomic E-state index is 0.404. The van der Waals surface area contributed by atoms with Crippen LogP contribution in [0.4, 0.5) is 0 Å². The maximum atomic E-state index is 9.77. The Morgan fingerprint density at radius 2 is 1.94 bits per heavy atom. The van der Waals surface area contributed by atoms with Gasteiger partial charge in [-0.15, -0.1) is 11.3 Å². The molecule has 160 valence electrons. The molecule has 2 aromatic carbocycles. The van der Waals surface area contributed by atoms with Crippen molar-refractivity contribution in [1.29, 1.82) is 5.26 Å². The number of fused-ring (bicyclic) bond motifs is 1. The molecule has 0 saturated heterocycles. The van der Waals surface area contributed by atoms with Gasteiger partial charge in [0.25, 0.3) is 0 Å². The summed E-state index contributed by atoms with van der Waals surface area (Å²) in [7, 11) is 1.69. The second kappa shape index (κ2) is 10.3. The zero-order valence-electron chi connectivity index (χ0n) is 17.3. The summed E-state index contributed by atoms with van der Waals surface area (Å²) in [6.07, 6.45) is 0. The third-order valence-corrected chi connectivity index (χ3v) is 5.79. The molecule has 0 bridgehead atoms. The summed E-state index contributed by atoms with van der Waals surface area (Å²) in [4.78, 5) is 0. The first-order valence-corrected chi connectivity index (χ1v) is 11.0. The van der Waals surface area contributed by atoms with E-state index in [4.69, 9.17) is 18.9 Å². The van der Waals surface area contributed by atoms with Crippen LogP contribution in [0.2, 0.25) is 0 Å². The van der Waals surface area contributed by atoms with E-state index in [-0.39, 0.29) is 0 Å². The van der Waals surface area contributed by atoms with Crippen molar-refractivity contribution in [2.75, 3.05) is 33.5 Å². The van der Waals surface area contributed by atoms with Crippen LogP contribution in [0.3, 0.4) is 0 Å². The molecule has 0 unspecified atom stereocenters. The lowest BCUT2D eigenvalue weighted by molar-refractivity contribution is 0.171. The molecule has 3 aromatic rings. The number of benzene rings is 2. The van der Waals surface area contributed by atoms with E-state index in [1.807, 2.05) is 35.7 Å². The smallest absolute Gasteiger partial charge is 0.192 e. The summed E-state index contributed by atoms with van der Waals surface area (Å²) >= 11 is 1.43. The molecule has 4 rings (SSSR count). The monoisotopic (exact) mass is 436 g/mol. The van der Waals surface area contributed by atoms with Crippen LogP contribution in [0, 0.1) is 11.3 Å². The Bertz CT molecular complexity index is 1070. The average molecular weight is 437 g/mol. The van der Waals surface area contributed by atoms with Crippen LogP contribution in [0.25, 0.3) is 11.1 Å². The van der Waals surface area contributed by atoms with Crippen LogP contribution in [0.1, 0.15) is 16.7 Å². The van der Waals surface area contributed by atoms with E-state index in [1.165, 1.54) is 16.9 Å². The van der Waals surface area contributed by atoms with E-state index >= 15 is 0 Å². The van der Waals surface area contributed by atoms with Gasteiger partial charge in [-0.2, -0.15) is 5.26 Å². The molecule has 31 heavy (non-hydrogen) atoms. The predicted octanol–water partition coefficient (Wildman–Crippen LogP) is 4.37. The van der Waals surface area contributed by atoms with Gasteiger partial charge in [0.05, 0.1) is 6.61 Å². The number of hydrogen-bond donors (Lipinski definition) is 1. The maximum Gasteiger partial charge on any atom is 0.192 e. The van der Waals surface area contributed by atoms with Crippen molar-refractivity contribution in [3.05, 3.63) is 64.5 Å². The van der Waals surface area contributed by atoms with Crippen molar-refractivity contribution in [1.82, 2.24) is 5.32 Å². The number of nitrogens with zero attached hydrogens (tertiary/aromatic N) is 1. The van der Waals surface area contributed by atoms with Crippen LogP contribution in [-0.4, -0.2) is 33.5 Å².